The Morgan fingerprint density at radius 2 is 1.96 bits per heavy atom. The minimum absolute atomic E-state index is 0.333. The Hall–Kier alpha value is -3.09. The molecule has 1 aromatic heterocycles. The normalized spacial score (nSPS) is 12.0. The van der Waals surface area contributed by atoms with E-state index in [0.29, 0.717) is 5.82 Å². The number of hydrogen-bond donors (Lipinski definition) is 2. The molecule has 24 heavy (non-hydrogen) atoms. The molecule has 0 saturated carbocycles. The fraction of sp³-hybridized carbons (Fsp3) is 0.235. The van der Waals surface area contributed by atoms with Gasteiger partial charge in [0.15, 0.2) is 5.82 Å². The van der Waals surface area contributed by atoms with Gasteiger partial charge in [0.25, 0.3) is 0 Å². The Labute approximate surface area is 140 Å². The van der Waals surface area contributed by atoms with Crippen molar-refractivity contribution in [3.05, 3.63) is 48.2 Å². The largest absolute Gasteiger partial charge is 0.497 e. The van der Waals surface area contributed by atoms with Gasteiger partial charge in [-0.25, -0.2) is 0 Å². The summed E-state index contributed by atoms with van der Waals surface area (Å²) in [4.78, 5) is 23.9. The third-order valence-electron chi connectivity index (χ3n) is 3.26. The number of nitrogens with zero attached hydrogens (tertiary/aromatic N) is 2. The second kappa shape index (κ2) is 7.96. The highest BCUT2D eigenvalue weighted by Gasteiger charge is 2.15. The van der Waals surface area contributed by atoms with Gasteiger partial charge in [0.1, 0.15) is 11.8 Å². The van der Waals surface area contributed by atoms with Crippen molar-refractivity contribution in [2.75, 3.05) is 12.4 Å². The molecule has 7 nitrogen and oxygen atoms in total. The predicted molar refractivity (Wildman–Crippen MR) is 91.5 cm³/mol. The third-order valence-corrected chi connectivity index (χ3v) is 3.26. The molecule has 0 fully saturated rings. The van der Waals surface area contributed by atoms with Crippen LogP contribution < -0.4 is 15.4 Å². The Balaban J connectivity index is 1.85. The molecule has 1 aromatic carbocycles. The van der Waals surface area contributed by atoms with Crippen LogP contribution in [0.4, 0.5) is 5.82 Å². The maximum Gasteiger partial charge on any atom is 0.247 e. The van der Waals surface area contributed by atoms with E-state index in [-0.39, 0.29) is 11.8 Å². The van der Waals surface area contributed by atoms with Crippen molar-refractivity contribution in [2.24, 2.45) is 7.05 Å². The van der Waals surface area contributed by atoms with Crippen LogP contribution >= 0.6 is 0 Å². The van der Waals surface area contributed by atoms with Gasteiger partial charge < -0.3 is 15.4 Å². The van der Waals surface area contributed by atoms with Gasteiger partial charge in [-0.2, -0.15) is 5.10 Å². The third kappa shape index (κ3) is 4.98. The maximum absolute atomic E-state index is 12.0. The summed E-state index contributed by atoms with van der Waals surface area (Å²) in [5, 5.41) is 9.28. The molecule has 0 aliphatic rings. The molecule has 0 aliphatic carbocycles. The summed E-state index contributed by atoms with van der Waals surface area (Å²) in [6.07, 6.45) is 4.76. The molecule has 1 heterocycles. The highest BCUT2D eigenvalue weighted by atomic mass is 16.5. The number of carbonyl (C=O) groups excluding carboxylic acids is 2. The molecule has 0 bridgehead atoms. The van der Waals surface area contributed by atoms with Crippen molar-refractivity contribution >= 4 is 23.7 Å². The van der Waals surface area contributed by atoms with Crippen LogP contribution in [0, 0.1) is 0 Å². The molecule has 1 unspecified atom stereocenters. The van der Waals surface area contributed by atoms with E-state index in [2.05, 4.69) is 15.7 Å². The minimum Gasteiger partial charge on any atom is -0.497 e. The number of rotatable bonds is 6. The Morgan fingerprint density at radius 3 is 2.54 bits per heavy atom. The molecule has 126 valence electrons. The van der Waals surface area contributed by atoms with Crippen molar-refractivity contribution < 1.29 is 14.3 Å². The van der Waals surface area contributed by atoms with Crippen LogP contribution in [0.3, 0.4) is 0 Å². The molecule has 2 rings (SSSR count). The topological polar surface area (TPSA) is 85.2 Å². The van der Waals surface area contributed by atoms with Crippen molar-refractivity contribution in [3.63, 3.8) is 0 Å². The summed E-state index contributed by atoms with van der Waals surface area (Å²) < 4.78 is 6.65. The minimum atomic E-state index is -0.681. The van der Waals surface area contributed by atoms with Crippen LogP contribution in [0.1, 0.15) is 12.5 Å². The van der Waals surface area contributed by atoms with E-state index in [1.165, 1.54) is 6.08 Å². The highest BCUT2D eigenvalue weighted by Crippen LogP contribution is 2.12. The first-order valence-electron chi connectivity index (χ1n) is 7.41. The maximum atomic E-state index is 12.0. The molecular formula is C17H20N4O3. The van der Waals surface area contributed by atoms with Gasteiger partial charge in [0, 0.05) is 25.4 Å². The summed E-state index contributed by atoms with van der Waals surface area (Å²) >= 11 is 0. The van der Waals surface area contributed by atoms with Crippen LogP contribution in [0.25, 0.3) is 6.08 Å². The van der Waals surface area contributed by atoms with E-state index >= 15 is 0 Å². The van der Waals surface area contributed by atoms with E-state index in [1.54, 1.807) is 56.2 Å². The molecular weight excluding hydrogens is 308 g/mol. The lowest BCUT2D eigenvalue weighted by molar-refractivity contribution is -0.123. The standard InChI is InChI=1S/C17H20N4O3/c1-12(17(23)19-15-10-11-21(2)20-15)18-16(22)9-6-13-4-7-14(24-3)8-5-13/h4-12H,1-3H3,(H,18,22)(H,19,20,23)/b9-6+. The SMILES string of the molecule is COc1ccc(/C=C/C(=O)NC(C)C(=O)Nc2ccn(C)n2)cc1. The monoisotopic (exact) mass is 328 g/mol. The van der Waals surface area contributed by atoms with Crippen molar-refractivity contribution in [1.82, 2.24) is 15.1 Å². The molecule has 2 aromatic rings. The van der Waals surface area contributed by atoms with Crippen molar-refractivity contribution in [2.45, 2.75) is 13.0 Å². The Morgan fingerprint density at radius 1 is 1.25 bits per heavy atom. The summed E-state index contributed by atoms with van der Waals surface area (Å²) in [5.41, 5.74) is 0.858. The van der Waals surface area contributed by atoms with Gasteiger partial charge in [-0.3, -0.25) is 14.3 Å². The summed E-state index contributed by atoms with van der Waals surface area (Å²) in [6.45, 7) is 1.61. The van der Waals surface area contributed by atoms with Gasteiger partial charge in [-0.05, 0) is 30.7 Å². The lowest BCUT2D eigenvalue weighted by Gasteiger charge is -2.11. The number of nitrogens with one attached hydrogen (secondary N) is 2. The number of benzene rings is 1. The average molecular weight is 328 g/mol. The van der Waals surface area contributed by atoms with Gasteiger partial charge in [0.05, 0.1) is 7.11 Å². The van der Waals surface area contributed by atoms with Crippen LogP contribution in [-0.2, 0) is 16.6 Å². The summed E-state index contributed by atoms with van der Waals surface area (Å²) in [6, 6.07) is 8.27. The highest BCUT2D eigenvalue weighted by molar-refractivity contribution is 5.99. The number of aryl methyl sites for hydroxylation is 1. The fourth-order valence-corrected chi connectivity index (χ4v) is 1.93. The number of methoxy groups -OCH3 is 1. The molecule has 2 amide bonds. The smallest absolute Gasteiger partial charge is 0.247 e. The van der Waals surface area contributed by atoms with E-state index in [9.17, 15) is 9.59 Å². The number of carbonyl (C=O) groups is 2. The Kier molecular flexibility index (Phi) is 5.73. The van der Waals surface area contributed by atoms with Crippen molar-refractivity contribution in [3.8, 4) is 5.75 Å². The van der Waals surface area contributed by atoms with E-state index in [1.807, 2.05) is 12.1 Å². The van der Waals surface area contributed by atoms with E-state index in [0.717, 1.165) is 11.3 Å². The van der Waals surface area contributed by atoms with Crippen LogP contribution in [0.15, 0.2) is 42.6 Å². The number of hydrogen-bond acceptors (Lipinski definition) is 4. The predicted octanol–water partition coefficient (Wildman–Crippen LogP) is 1.59. The quantitative estimate of drug-likeness (QED) is 0.789. The fourth-order valence-electron chi connectivity index (χ4n) is 1.93. The molecule has 7 heteroatoms. The van der Waals surface area contributed by atoms with Gasteiger partial charge in [-0.1, -0.05) is 12.1 Å². The number of aromatic nitrogens is 2. The number of anilines is 1. The van der Waals surface area contributed by atoms with Gasteiger partial charge in [0.2, 0.25) is 11.8 Å². The number of ether oxygens (including phenoxy) is 1. The lowest BCUT2D eigenvalue weighted by atomic mass is 10.2. The molecule has 2 N–H and O–H groups in total. The molecule has 0 aliphatic heterocycles. The zero-order chi connectivity index (χ0) is 17.5. The second-order valence-electron chi connectivity index (χ2n) is 5.20. The average Bonchev–Trinajstić information content (AvgIpc) is 2.98. The van der Waals surface area contributed by atoms with E-state index in [4.69, 9.17) is 4.74 Å². The van der Waals surface area contributed by atoms with Crippen LogP contribution in [-0.4, -0.2) is 34.7 Å². The summed E-state index contributed by atoms with van der Waals surface area (Å²) in [5.74, 6) is 0.503. The molecule has 0 radical (unpaired) electrons. The van der Waals surface area contributed by atoms with Crippen molar-refractivity contribution in [1.29, 1.82) is 0 Å². The summed E-state index contributed by atoms with van der Waals surface area (Å²) in [7, 11) is 3.35. The second-order valence-corrected chi connectivity index (χ2v) is 5.20. The van der Waals surface area contributed by atoms with Crippen LogP contribution in [0.2, 0.25) is 0 Å². The zero-order valence-corrected chi connectivity index (χ0v) is 13.8. The molecule has 0 spiro atoms. The van der Waals surface area contributed by atoms with Gasteiger partial charge >= 0.3 is 0 Å². The zero-order valence-electron chi connectivity index (χ0n) is 13.8. The lowest BCUT2D eigenvalue weighted by Crippen LogP contribution is -2.40. The number of amides is 2. The first-order valence-corrected chi connectivity index (χ1v) is 7.41. The first-order chi connectivity index (χ1) is 11.5. The first kappa shape index (κ1) is 17.3. The van der Waals surface area contributed by atoms with Gasteiger partial charge in [-0.15, -0.1) is 0 Å². The molecule has 0 saturated heterocycles. The van der Waals surface area contributed by atoms with E-state index < -0.39 is 6.04 Å². The van der Waals surface area contributed by atoms with Crippen LogP contribution in [0.5, 0.6) is 5.75 Å². The Bertz CT molecular complexity index is 735. The molecule has 1 atom stereocenters.